The van der Waals surface area contributed by atoms with Gasteiger partial charge < -0.3 is 19.5 Å². The predicted molar refractivity (Wildman–Crippen MR) is 88.1 cm³/mol. The number of nitrogens with one attached hydrogen (secondary N) is 1. The van der Waals surface area contributed by atoms with Crippen LogP contribution in [0.1, 0.15) is 30.9 Å². The van der Waals surface area contributed by atoms with Crippen LogP contribution in [0.15, 0.2) is 10.8 Å². The van der Waals surface area contributed by atoms with Gasteiger partial charge in [-0.3, -0.25) is 0 Å². The van der Waals surface area contributed by atoms with E-state index in [1.54, 1.807) is 11.3 Å². The highest BCUT2D eigenvalue weighted by atomic mass is 32.1. The summed E-state index contributed by atoms with van der Waals surface area (Å²) in [6.07, 6.45) is 2.30. The van der Waals surface area contributed by atoms with Crippen molar-refractivity contribution in [1.82, 2.24) is 5.32 Å². The van der Waals surface area contributed by atoms with E-state index in [0.29, 0.717) is 26.4 Å². The zero-order valence-electron chi connectivity index (χ0n) is 13.4. The Balaban J connectivity index is 1.76. The van der Waals surface area contributed by atoms with Crippen molar-refractivity contribution in [3.05, 3.63) is 21.9 Å². The molecule has 0 fully saturated rings. The second-order valence-corrected chi connectivity index (χ2v) is 5.69. The van der Waals surface area contributed by atoms with Crippen LogP contribution in [0.2, 0.25) is 0 Å². The molecule has 1 aromatic heterocycles. The number of hydrogen-bond donors (Lipinski definition) is 1. The smallest absolute Gasteiger partial charge is 0.0701 e. The van der Waals surface area contributed by atoms with E-state index >= 15 is 0 Å². The van der Waals surface area contributed by atoms with Crippen molar-refractivity contribution in [2.45, 2.75) is 33.2 Å². The van der Waals surface area contributed by atoms with Gasteiger partial charge in [0.05, 0.1) is 33.0 Å². The molecule has 0 bridgehead atoms. The van der Waals surface area contributed by atoms with Crippen molar-refractivity contribution in [3.8, 4) is 0 Å². The Labute approximate surface area is 132 Å². The summed E-state index contributed by atoms with van der Waals surface area (Å²) in [7, 11) is 0. The molecule has 21 heavy (non-hydrogen) atoms. The van der Waals surface area contributed by atoms with Crippen LogP contribution in [0.5, 0.6) is 0 Å². The fourth-order valence-corrected chi connectivity index (χ4v) is 2.58. The minimum Gasteiger partial charge on any atom is -0.379 e. The van der Waals surface area contributed by atoms with Gasteiger partial charge in [-0.2, -0.15) is 11.3 Å². The lowest BCUT2D eigenvalue weighted by atomic mass is 10.2. The molecule has 0 aliphatic rings. The van der Waals surface area contributed by atoms with Crippen LogP contribution in [0, 0.1) is 6.92 Å². The summed E-state index contributed by atoms with van der Waals surface area (Å²) in [5, 5.41) is 7.75. The number of hydrogen-bond acceptors (Lipinski definition) is 5. The van der Waals surface area contributed by atoms with E-state index in [1.807, 2.05) is 0 Å². The quantitative estimate of drug-likeness (QED) is 0.536. The highest BCUT2D eigenvalue weighted by Gasteiger charge is 1.98. The van der Waals surface area contributed by atoms with Crippen LogP contribution in [-0.2, 0) is 20.8 Å². The molecule has 0 atom stereocenters. The largest absolute Gasteiger partial charge is 0.379 e. The van der Waals surface area contributed by atoms with Crippen molar-refractivity contribution >= 4 is 11.3 Å². The van der Waals surface area contributed by atoms with Crippen LogP contribution in [-0.4, -0.2) is 46.2 Å². The second kappa shape index (κ2) is 13.2. The standard InChI is InChI=1S/C16H29NO3S/c1-3-4-6-18-8-10-20-11-9-19-7-5-17-12-16-14-21-13-15(16)2/h13-14,17H,3-12H2,1-2H3. The van der Waals surface area contributed by atoms with E-state index in [1.165, 1.54) is 17.5 Å². The summed E-state index contributed by atoms with van der Waals surface area (Å²) in [6, 6.07) is 0. The lowest BCUT2D eigenvalue weighted by Crippen LogP contribution is -2.20. The highest BCUT2D eigenvalue weighted by molar-refractivity contribution is 7.08. The topological polar surface area (TPSA) is 39.7 Å². The minimum absolute atomic E-state index is 0.640. The normalized spacial score (nSPS) is 11.1. The fraction of sp³-hybridized carbons (Fsp3) is 0.750. The molecule has 0 unspecified atom stereocenters. The van der Waals surface area contributed by atoms with E-state index < -0.39 is 0 Å². The Kier molecular flexibility index (Phi) is 11.7. The third kappa shape index (κ3) is 9.98. The summed E-state index contributed by atoms with van der Waals surface area (Å²) in [5.41, 5.74) is 2.74. The van der Waals surface area contributed by atoms with Gasteiger partial charge in [-0.15, -0.1) is 0 Å². The highest BCUT2D eigenvalue weighted by Crippen LogP contribution is 2.12. The van der Waals surface area contributed by atoms with Gasteiger partial charge in [-0.05, 0) is 35.2 Å². The molecule has 0 radical (unpaired) electrons. The summed E-state index contributed by atoms with van der Waals surface area (Å²) < 4.78 is 16.3. The van der Waals surface area contributed by atoms with Gasteiger partial charge >= 0.3 is 0 Å². The second-order valence-electron chi connectivity index (χ2n) is 4.95. The number of ether oxygens (including phenoxy) is 3. The molecule has 0 amide bonds. The average Bonchev–Trinajstić information content (AvgIpc) is 2.89. The number of aryl methyl sites for hydroxylation is 1. The van der Waals surface area contributed by atoms with Gasteiger partial charge in [-0.25, -0.2) is 0 Å². The molecule has 0 saturated carbocycles. The summed E-state index contributed by atoms with van der Waals surface area (Å²) in [6.45, 7) is 10.3. The molecular formula is C16H29NO3S. The zero-order chi connectivity index (χ0) is 15.2. The predicted octanol–water partition coefficient (Wildman–Crippen LogP) is 3.00. The molecule has 1 N–H and O–H groups in total. The average molecular weight is 315 g/mol. The van der Waals surface area contributed by atoms with Crippen LogP contribution >= 0.6 is 11.3 Å². The number of rotatable bonds is 14. The third-order valence-electron chi connectivity index (χ3n) is 3.09. The van der Waals surface area contributed by atoms with Crippen molar-refractivity contribution < 1.29 is 14.2 Å². The molecule has 1 aromatic rings. The van der Waals surface area contributed by atoms with E-state index in [4.69, 9.17) is 14.2 Å². The van der Waals surface area contributed by atoms with Crippen molar-refractivity contribution in [3.63, 3.8) is 0 Å². The van der Waals surface area contributed by atoms with Gasteiger partial charge in [0.15, 0.2) is 0 Å². The lowest BCUT2D eigenvalue weighted by molar-refractivity contribution is 0.0146. The molecular weight excluding hydrogens is 286 g/mol. The molecule has 0 spiro atoms. The maximum Gasteiger partial charge on any atom is 0.0701 e. The molecule has 0 aromatic carbocycles. The van der Waals surface area contributed by atoms with Gasteiger partial charge in [0, 0.05) is 19.7 Å². The van der Waals surface area contributed by atoms with Crippen LogP contribution in [0.3, 0.4) is 0 Å². The number of unbranched alkanes of at least 4 members (excludes halogenated alkanes) is 1. The summed E-state index contributed by atoms with van der Waals surface area (Å²) in [4.78, 5) is 0. The van der Waals surface area contributed by atoms with Gasteiger partial charge in [-0.1, -0.05) is 13.3 Å². The monoisotopic (exact) mass is 315 g/mol. The van der Waals surface area contributed by atoms with Crippen LogP contribution in [0.4, 0.5) is 0 Å². The molecule has 0 saturated heterocycles. The third-order valence-corrected chi connectivity index (χ3v) is 4.00. The molecule has 1 rings (SSSR count). The van der Waals surface area contributed by atoms with E-state index in [2.05, 4.69) is 29.9 Å². The SMILES string of the molecule is CCCCOCCOCCOCCNCc1cscc1C. The number of thiophene rings is 1. The fourth-order valence-electron chi connectivity index (χ4n) is 1.72. The molecule has 122 valence electrons. The van der Waals surface area contributed by atoms with E-state index in [0.717, 1.165) is 32.7 Å². The Morgan fingerprint density at radius 3 is 2.24 bits per heavy atom. The maximum absolute atomic E-state index is 5.50. The Morgan fingerprint density at radius 2 is 1.62 bits per heavy atom. The molecule has 0 aliphatic carbocycles. The first-order valence-electron chi connectivity index (χ1n) is 7.80. The van der Waals surface area contributed by atoms with Gasteiger partial charge in [0.2, 0.25) is 0 Å². The van der Waals surface area contributed by atoms with Gasteiger partial charge in [0.25, 0.3) is 0 Å². The first-order valence-corrected chi connectivity index (χ1v) is 8.74. The Morgan fingerprint density at radius 1 is 0.952 bits per heavy atom. The van der Waals surface area contributed by atoms with Crippen molar-refractivity contribution in [1.29, 1.82) is 0 Å². The molecule has 0 aliphatic heterocycles. The Bertz CT molecular complexity index is 344. The summed E-state index contributed by atoms with van der Waals surface area (Å²) >= 11 is 1.75. The minimum atomic E-state index is 0.640. The van der Waals surface area contributed by atoms with E-state index in [-0.39, 0.29) is 0 Å². The van der Waals surface area contributed by atoms with Crippen LogP contribution < -0.4 is 5.32 Å². The first kappa shape index (κ1) is 18.6. The van der Waals surface area contributed by atoms with Crippen molar-refractivity contribution in [2.24, 2.45) is 0 Å². The van der Waals surface area contributed by atoms with E-state index in [9.17, 15) is 0 Å². The molecule has 1 heterocycles. The molecule has 5 heteroatoms. The van der Waals surface area contributed by atoms with Crippen molar-refractivity contribution in [2.75, 3.05) is 46.2 Å². The maximum atomic E-state index is 5.50. The van der Waals surface area contributed by atoms with Gasteiger partial charge in [0.1, 0.15) is 0 Å². The first-order chi connectivity index (χ1) is 10.3. The molecule has 4 nitrogen and oxygen atoms in total. The van der Waals surface area contributed by atoms with Crippen LogP contribution in [0.25, 0.3) is 0 Å². The Hall–Kier alpha value is -0.460. The summed E-state index contributed by atoms with van der Waals surface area (Å²) in [5.74, 6) is 0. The zero-order valence-corrected chi connectivity index (χ0v) is 14.2. The lowest BCUT2D eigenvalue weighted by Gasteiger charge is -2.07.